The van der Waals surface area contributed by atoms with Crippen LogP contribution in [0.15, 0.2) is 77.9 Å². The lowest BCUT2D eigenvalue weighted by Crippen LogP contribution is -2.32. The van der Waals surface area contributed by atoms with E-state index < -0.39 is 16.7 Å². The van der Waals surface area contributed by atoms with E-state index in [-0.39, 0.29) is 11.4 Å². The maximum atomic E-state index is 12.0. The van der Waals surface area contributed by atoms with Crippen molar-refractivity contribution < 1.29 is 24.0 Å². The minimum atomic E-state index is -1.01. The summed E-state index contributed by atoms with van der Waals surface area (Å²) in [6.07, 6.45) is 1.17. The first kappa shape index (κ1) is 22.0. The molecule has 32 heavy (non-hydrogen) atoms. The van der Waals surface area contributed by atoms with Crippen molar-refractivity contribution in [1.82, 2.24) is 5.43 Å². The Bertz CT molecular complexity index is 1150. The van der Waals surface area contributed by atoms with Crippen molar-refractivity contribution in [3.63, 3.8) is 0 Å². The molecule has 2 amide bonds. The van der Waals surface area contributed by atoms with Crippen LogP contribution in [0.2, 0.25) is 0 Å². The van der Waals surface area contributed by atoms with Crippen molar-refractivity contribution >= 4 is 29.4 Å². The number of methoxy groups -OCH3 is 1. The summed E-state index contributed by atoms with van der Waals surface area (Å²) in [7, 11) is 1.32. The van der Waals surface area contributed by atoms with Crippen molar-refractivity contribution in [3.8, 4) is 17.2 Å². The second-order valence-corrected chi connectivity index (χ2v) is 6.28. The van der Waals surface area contributed by atoms with E-state index in [9.17, 15) is 19.7 Å². The fraction of sp³-hybridized carbons (Fsp3) is 0.0455. The van der Waals surface area contributed by atoms with E-state index in [0.717, 1.165) is 0 Å². The smallest absolute Gasteiger partial charge is 0.329 e. The van der Waals surface area contributed by atoms with Gasteiger partial charge >= 0.3 is 17.5 Å². The average Bonchev–Trinajstić information content (AvgIpc) is 2.80. The molecule has 3 rings (SSSR count). The fourth-order valence-corrected chi connectivity index (χ4v) is 2.56. The Balaban J connectivity index is 1.54. The average molecular weight is 434 g/mol. The van der Waals surface area contributed by atoms with Gasteiger partial charge in [-0.1, -0.05) is 18.2 Å². The van der Waals surface area contributed by atoms with Gasteiger partial charge in [0.25, 0.3) is 0 Å². The van der Waals surface area contributed by atoms with Crippen molar-refractivity contribution in [2.75, 3.05) is 12.4 Å². The molecule has 0 saturated heterocycles. The van der Waals surface area contributed by atoms with Gasteiger partial charge < -0.3 is 14.8 Å². The summed E-state index contributed by atoms with van der Waals surface area (Å²) in [5, 5.41) is 17.1. The number of nitrogens with one attached hydrogen (secondary N) is 2. The van der Waals surface area contributed by atoms with Crippen molar-refractivity contribution in [2.24, 2.45) is 5.10 Å². The van der Waals surface area contributed by atoms with Crippen LogP contribution in [-0.2, 0) is 9.59 Å². The SMILES string of the molecule is COc1ccc(/C=N\NC(=O)C(=O)Nc2ccc(Oc3ccccc3)cc2)cc1[N+](=O)[O-]. The highest BCUT2D eigenvalue weighted by atomic mass is 16.6. The highest BCUT2D eigenvalue weighted by Gasteiger charge is 2.15. The lowest BCUT2D eigenvalue weighted by atomic mass is 10.2. The van der Waals surface area contributed by atoms with Crippen LogP contribution in [0.25, 0.3) is 0 Å². The predicted octanol–water partition coefficient (Wildman–Crippen LogP) is 3.48. The Hall–Kier alpha value is -4.73. The van der Waals surface area contributed by atoms with Crippen molar-refractivity contribution in [3.05, 3.63) is 88.5 Å². The van der Waals surface area contributed by atoms with Gasteiger partial charge in [-0.05, 0) is 48.5 Å². The number of hydrazone groups is 1. The molecule has 0 aromatic heterocycles. The van der Waals surface area contributed by atoms with Gasteiger partial charge in [0.1, 0.15) is 11.5 Å². The van der Waals surface area contributed by atoms with Crippen LogP contribution >= 0.6 is 0 Å². The third-order valence-corrected chi connectivity index (χ3v) is 4.08. The molecule has 0 atom stereocenters. The molecule has 0 aliphatic heterocycles. The predicted molar refractivity (Wildman–Crippen MR) is 117 cm³/mol. The quantitative estimate of drug-likeness (QED) is 0.253. The zero-order chi connectivity index (χ0) is 22.9. The first-order valence-corrected chi connectivity index (χ1v) is 9.26. The maximum Gasteiger partial charge on any atom is 0.329 e. The van der Waals surface area contributed by atoms with Crippen LogP contribution in [0.3, 0.4) is 0 Å². The van der Waals surface area contributed by atoms with Crippen LogP contribution in [0, 0.1) is 10.1 Å². The van der Waals surface area contributed by atoms with Crippen LogP contribution in [0.5, 0.6) is 17.2 Å². The van der Waals surface area contributed by atoms with E-state index in [2.05, 4.69) is 15.8 Å². The van der Waals surface area contributed by atoms with Gasteiger partial charge in [-0.3, -0.25) is 19.7 Å². The van der Waals surface area contributed by atoms with Gasteiger partial charge in [-0.25, -0.2) is 5.43 Å². The molecule has 0 aliphatic rings. The molecule has 2 N–H and O–H groups in total. The summed E-state index contributed by atoms with van der Waals surface area (Å²) in [6.45, 7) is 0. The number of para-hydroxylation sites is 1. The maximum absolute atomic E-state index is 12.0. The van der Waals surface area contributed by atoms with Gasteiger partial charge in [0, 0.05) is 17.3 Å². The number of nitrogens with zero attached hydrogens (tertiary/aromatic N) is 2. The molecule has 0 fully saturated rings. The van der Waals surface area contributed by atoms with E-state index in [1.165, 1.54) is 31.5 Å². The molecule has 3 aromatic rings. The van der Waals surface area contributed by atoms with Gasteiger partial charge in [-0.2, -0.15) is 5.10 Å². The van der Waals surface area contributed by atoms with Crippen LogP contribution in [0.1, 0.15) is 5.56 Å². The summed E-state index contributed by atoms with van der Waals surface area (Å²) in [5.74, 6) is -0.607. The minimum absolute atomic E-state index is 0.0933. The Kier molecular flexibility index (Phi) is 7.10. The number of carbonyl (C=O) groups excluding carboxylic acids is 2. The fourth-order valence-electron chi connectivity index (χ4n) is 2.56. The number of carbonyl (C=O) groups is 2. The number of benzene rings is 3. The first-order valence-electron chi connectivity index (χ1n) is 9.26. The largest absolute Gasteiger partial charge is 0.490 e. The zero-order valence-electron chi connectivity index (χ0n) is 16.8. The molecule has 162 valence electrons. The normalized spacial score (nSPS) is 10.4. The molecule has 10 heteroatoms. The highest BCUT2D eigenvalue weighted by Crippen LogP contribution is 2.27. The Labute approximate surface area is 182 Å². The molecular weight excluding hydrogens is 416 g/mol. The monoisotopic (exact) mass is 434 g/mol. The molecule has 0 saturated carbocycles. The van der Waals surface area contributed by atoms with E-state index in [4.69, 9.17) is 9.47 Å². The molecular formula is C22H18N4O6. The second kappa shape index (κ2) is 10.3. The highest BCUT2D eigenvalue weighted by molar-refractivity contribution is 6.39. The van der Waals surface area contributed by atoms with Crippen LogP contribution < -0.4 is 20.2 Å². The lowest BCUT2D eigenvalue weighted by Gasteiger charge is -2.07. The topological polar surface area (TPSA) is 132 Å². The molecule has 0 aliphatic carbocycles. The first-order chi connectivity index (χ1) is 15.5. The molecule has 3 aromatic carbocycles. The number of rotatable bonds is 7. The lowest BCUT2D eigenvalue weighted by molar-refractivity contribution is -0.385. The van der Waals surface area contributed by atoms with E-state index in [1.807, 2.05) is 30.3 Å². The number of ether oxygens (including phenoxy) is 2. The van der Waals surface area contributed by atoms with Crippen LogP contribution in [0.4, 0.5) is 11.4 Å². The second-order valence-electron chi connectivity index (χ2n) is 6.28. The standard InChI is InChI=1S/C22H18N4O6/c1-31-20-12-7-15(13-19(20)26(29)30)14-23-25-22(28)21(27)24-16-8-10-18(11-9-16)32-17-5-3-2-4-6-17/h2-14H,1H3,(H,24,27)(H,25,28)/b23-14-. The Morgan fingerprint density at radius 3 is 2.31 bits per heavy atom. The van der Waals surface area contributed by atoms with Gasteiger partial charge in [0.15, 0.2) is 5.75 Å². The Morgan fingerprint density at radius 2 is 1.66 bits per heavy atom. The van der Waals surface area contributed by atoms with Gasteiger partial charge in [-0.15, -0.1) is 0 Å². The number of hydrogen-bond donors (Lipinski definition) is 2. The number of nitro benzene ring substituents is 1. The van der Waals surface area contributed by atoms with E-state index in [1.54, 1.807) is 24.3 Å². The van der Waals surface area contributed by atoms with Crippen LogP contribution in [-0.4, -0.2) is 30.1 Å². The van der Waals surface area contributed by atoms with Gasteiger partial charge in [0.2, 0.25) is 0 Å². The van der Waals surface area contributed by atoms with Gasteiger partial charge in [0.05, 0.1) is 18.2 Å². The summed E-state index contributed by atoms with van der Waals surface area (Å²) in [5.41, 5.74) is 2.54. The summed E-state index contributed by atoms with van der Waals surface area (Å²) in [6, 6.07) is 19.8. The number of amides is 2. The third-order valence-electron chi connectivity index (χ3n) is 4.08. The van der Waals surface area contributed by atoms with Crippen molar-refractivity contribution in [2.45, 2.75) is 0 Å². The molecule has 0 radical (unpaired) electrons. The summed E-state index contributed by atoms with van der Waals surface area (Å²) < 4.78 is 10.6. The molecule has 10 nitrogen and oxygen atoms in total. The zero-order valence-corrected chi connectivity index (χ0v) is 16.8. The van der Waals surface area contributed by atoms with Crippen molar-refractivity contribution in [1.29, 1.82) is 0 Å². The Morgan fingerprint density at radius 1 is 0.969 bits per heavy atom. The number of anilines is 1. The molecule has 0 heterocycles. The van der Waals surface area contributed by atoms with E-state index >= 15 is 0 Å². The molecule has 0 unspecified atom stereocenters. The summed E-state index contributed by atoms with van der Waals surface area (Å²) >= 11 is 0. The number of hydrogen-bond acceptors (Lipinski definition) is 7. The number of nitro groups is 1. The third kappa shape index (κ3) is 5.89. The van der Waals surface area contributed by atoms with E-state index in [0.29, 0.717) is 22.7 Å². The molecule has 0 spiro atoms. The minimum Gasteiger partial charge on any atom is -0.490 e. The molecule has 0 bridgehead atoms. The summed E-state index contributed by atoms with van der Waals surface area (Å²) in [4.78, 5) is 34.4.